The van der Waals surface area contributed by atoms with Crippen molar-refractivity contribution < 1.29 is 17.2 Å². The van der Waals surface area contributed by atoms with Gasteiger partial charge in [-0.25, -0.2) is 17.2 Å². The van der Waals surface area contributed by atoms with Crippen LogP contribution < -0.4 is 0 Å². The van der Waals surface area contributed by atoms with Crippen molar-refractivity contribution in [3.05, 3.63) is 29.3 Å². The van der Waals surface area contributed by atoms with E-state index in [9.17, 15) is 17.2 Å². The maximum atomic E-state index is 12.5. The predicted octanol–water partition coefficient (Wildman–Crippen LogP) is 2.80. The van der Waals surface area contributed by atoms with E-state index in [0.717, 1.165) is 9.87 Å². The minimum atomic E-state index is -3.94. The van der Waals surface area contributed by atoms with Crippen LogP contribution in [0.2, 0.25) is 0 Å². The smallest absolute Gasteiger partial charge is 0.209 e. The van der Waals surface area contributed by atoms with Crippen LogP contribution in [0.3, 0.4) is 0 Å². The molecule has 0 radical (unpaired) electrons. The van der Waals surface area contributed by atoms with Crippen LogP contribution in [0.25, 0.3) is 0 Å². The van der Waals surface area contributed by atoms with Gasteiger partial charge < -0.3 is 0 Å². The molecule has 1 aromatic carbocycles. The second kappa shape index (κ2) is 6.63. The number of hydrogen-bond donors (Lipinski definition) is 0. The number of halogens is 3. The van der Waals surface area contributed by atoms with Gasteiger partial charge in [-0.1, -0.05) is 17.7 Å². The number of rotatable bonds is 6. The summed E-state index contributed by atoms with van der Waals surface area (Å²) in [6.07, 6.45) is -2.73. The number of sulfonamides is 1. The van der Waals surface area contributed by atoms with Crippen LogP contribution in [-0.2, 0) is 10.0 Å². The average molecular weight is 312 g/mol. The van der Waals surface area contributed by atoms with Crippen molar-refractivity contribution in [3.8, 4) is 0 Å². The van der Waals surface area contributed by atoms with Gasteiger partial charge in [0, 0.05) is 12.4 Å². The Labute approximate surface area is 117 Å². The number of alkyl halides is 3. The Morgan fingerprint density at radius 2 is 1.95 bits per heavy atom. The molecule has 7 heteroatoms. The molecule has 108 valence electrons. The Bertz CT molecular complexity index is 535. The summed E-state index contributed by atoms with van der Waals surface area (Å²) >= 11 is 5.49. The van der Waals surface area contributed by atoms with Crippen LogP contribution >= 0.6 is 11.6 Å². The topological polar surface area (TPSA) is 37.4 Å². The van der Waals surface area contributed by atoms with Crippen molar-refractivity contribution in [1.29, 1.82) is 0 Å². The largest absolute Gasteiger partial charge is 0.252 e. The van der Waals surface area contributed by atoms with Crippen molar-refractivity contribution in [3.63, 3.8) is 0 Å². The molecule has 0 saturated heterocycles. The lowest BCUT2D eigenvalue weighted by Crippen LogP contribution is -2.36. The lowest BCUT2D eigenvalue weighted by molar-refractivity contribution is 0.121. The maximum absolute atomic E-state index is 12.5. The first kappa shape index (κ1) is 16.3. The van der Waals surface area contributed by atoms with E-state index in [1.54, 1.807) is 19.1 Å². The van der Waals surface area contributed by atoms with E-state index in [-0.39, 0.29) is 17.3 Å². The molecule has 19 heavy (non-hydrogen) atoms. The first-order chi connectivity index (χ1) is 8.78. The summed E-state index contributed by atoms with van der Waals surface area (Å²) in [6, 6.07) is 4.78. The molecule has 0 atom stereocenters. The Morgan fingerprint density at radius 1 is 1.32 bits per heavy atom. The van der Waals surface area contributed by atoms with E-state index in [1.807, 2.05) is 6.92 Å². The molecule has 0 amide bonds. The van der Waals surface area contributed by atoms with E-state index in [1.165, 1.54) is 6.07 Å². The standard InChI is InChI=1S/C12H16ClF2NO2S/c1-9-3-4-11(10(2)7-9)19(17,18)16(6-5-13)8-12(14)15/h3-4,7,12H,5-6,8H2,1-2H3. The fraction of sp³-hybridized carbons (Fsp3) is 0.500. The molecule has 0 aliphatic carbocycles. The lowest BCUT2D eigenvalue weighted by atomic mass is 10.2. The third-order valence-electron chi connectivity index (χ3n) is 2.62. The molecule has 1 rings (SSSR count). The average Bonchev–Trinajstić information content (AvgIpc) is 2.27. The highest BCUT2D eigenvalue weighted by Crippen LogP contribution is 2.21. The number of benzene rings is 1. The molecule has 0 N–H and O–H groups in total. The van der Waals surface area contributed by atoms with Gasteiger partial charge in [0.2, 0.25) is 10.0 Å². The Balaban J connectivity index is 3.18. The molecule has 3 nitrogen and oxygen atoms in total. The zero-order valence-electron chi connectivity index (χ0n) is 10.7. The first-order valence-electron chi connectivity index (χ1n) is 5.70. The van der Waals surface area contributed by atoms with Crippen LogP contribution in [0.5, 0.6) is 0 Å². The molecule has 0 heterocycles. The van der Waals surface area contributed by atoms with Crippen LogP contribution in [0.15, 0.2) is 23.1 Å². The second-order valence-corrected chi connectivity index (χ2v) is 6.50. The summed E-state index contributed by atoms with van der Waals surface area (Å²) in [4.78, 5) is 0.0452. The maximum Gasteiger partial charge on any atom is 0.252 e. The summed E-state index contributed by atoms with van der Waals surface area (Å²) in [5.41, 5.74) is 1.45. The van der Waals surface area contributed by atoms with Gasteiger partial charge in [0.25, 0.3) is 6.43 Å². The quantitative estimate of drug-likeness (QED) is 0.758. The normalized spacial score (nSPS) is 12.4. The number of hydrogen-bond acceptors (Lipinski definition) is 2. The van der Waals surface area contributed by atoms with E-state index in [2.05, 4.69) is 0 Å². The van der Waals surface area contributed by atoms with Crippen molar-refractivity contribution in [2.75, 3.05) is 19.0 Å². The molecular formula is C12H16ClF2NO2S. The molecule has 0 spiro atoms. The monoisotopic (exact) mass is 311 g/mol. The van der Waals surface area contributed by atoms with Crippen LogP contribution in [0, 0.1) is 13.8 Å². The highest BCUT2D eigenvalue weighted by atomic mass is 35.5. The minimum Gasteiger partial charge on any atom is -0.209 e. The molecular weight excluding hydrogens is 296 g/mol. The zero-order chi connectivity index (χ0) is 14.6. The highest BCUT2D eigenvalue weighted by molar-refractivity contribution is 7.89. The van der Waals surface area contributed by atoms with E-state index in [4.69, 9.17) is 11.6 Å². The van der Waals surface area contributed by atoms with E-state index in [0.29, 0.717) is 5.56 Å². The summed E-state index contributed by atoms with van der Waals surface area (Å²) in [5.74, 6) is -0.0309. The summed E-state index contributed by atoms with van der Waals surface area (Å²) in [7, 11) is -3.94. The van der Waals surface area contributed by atoms with Crippen LogP contribution in [0.4, 0.5) is 8.78 Å². The lowest BCUT2D eigenvalue weighted by Gasteiger charge is -2.22. The molecule has 0 bridgehead atoms. The first-order valence-corrected chi connectivity index (χ1v) is 7.68. The van der Waals surface area contributed by atoms with Gasteiger partial charge in [0.1, 0.15) is 0 Å². The summed E-state index contributed by atoms with van der Waals surface area (Å²) in [5, 5.41) is 0. The summed E-state index contributed by atoms with van der Waals surface area (Å²) < 4.78 is 50.3. The SMILES string of the molecule is Cc1ccc(S(=O)(=O)N(CCCl)CC(F)F)c(C)c1. The third kappa shape index (κ3) is 4.12. The summed E-state index contributed by atoms with van der Waals surface area (Å²) in [6.45, 7) is 2.49. The Kier molecular flexibility index (Phi) is 5.70. The zero-order valence-corrected chi connectivity index (χ0v) is 12.3. The molecule has 0 aliphatic heterocycles. The van der Waals surface area contributed by atoms with Gasteiger partial charge in [0.05, 0.1) is 11.4 Å². The number of aryl methyl sites for hydroxylation is 2. The number of nitrogens with zero attached hydrogens (tertiary/aromatic N) is 1. The van der Waals surface area contributed by atoms with Gasteiger partial charge in [-0.2, -0.15) is 4.31 Å². The molecule has 0 aromatic heterocycles. The van der Waals surface area contributed by atoms with E-state index < -0.39 is 23.0 Å². The van der Waals surface area contributed by atoms with Gasteiger partial charge in [0.15, 0.2) is 0 Å². The molecule has 0 saturated carbocycles. The molecule has 1 aromatic rings. The predicted molar refractivity (Wildman–Crippen MR) is 71.4 cm³/mol. The van der Waals surface area contributed by atoms with Crippen molar-refractivity contribution in [2.45, 2.75) is 25.2 Å². The van der Waals surface area contributed by atoms with Crippen LogP contribution in [0.1, 0.15) is 11.1 Å². The Hall–Kier alpha value is -0.720. The Morgan fingerprint density at radius 3 is 2.42 bits per heavy atom. The van der Waals surface area contributed by atoms with Crippen LogP contribution in [-0.4, -0.2) is 38.1 Å². The van der Waals surface area contributed by atoms with Gasteiger partial charge >= 0.3 is 0 Å². The van der Waals surface area contributed by atoms with Crippen molar-refractivity contribution in [2.24, 2.45) is 0 Å². The fourth-order valence-corrected chi connectivity index (χ4v) is 3.71. The van der Waals surface area contributed by atoms with Crippen molar-refractivity contribution in [1.82, 2.24) is 4.31 Å². The highest BCUT2D eigenvalue weighted by Gasteiger charge is 2.27. The van der Waals surface area contributed by atoms with Gasteiger partial charge in [-0.05, 0) is 25.5 Å². The second-order valence-electron chi connectivity index (χ2n) is 4.21. The van der Waals surface area contributed by atoms with Gasteiger partial charge in [-0.3, -0.25) is 0 Å². The minimum absolute atomic E-state index is 0.0309. The fourth-order valence-electron chi connectivity index (χ4n) is 1.79. The van der Waals surface area contributed by atoms with E-state index >= 15 is 0 Å². The van der Waals surface area contributed by atoms with Gasteiger partial charge in [-0.15, -0.1) is 11.6 Å². The van der Waals surface area contributed by atoms with Crippen molar-refractivity contribution >= 4 is 21.6 Å². The third-order valence-corrected chi connectivity index (χ3v) is 4.82. The molecule has 0 fully saturated rings. The molecule has 0 aliphatic rings. The molecule has 0 unspecified atom stereocenters.